The van der Waals surface area contributed by atoms with Crippen LogP contribution in [-0.4, -0.2) is 77.9 Å². The van der Waals surface area contributed by atoms with Crippen LogP contribution in [0.3, 0.4) is 0 Å². The monoisotopic (exact) mass is 428 g/mol. The average Bonchev–Trinajstić information content (AvgIpc) is 2.69. The average molecular weight is 429 g/mol. The Balaban J connectivity index is 2.05. The van der Waals surface area contributed by atoms with Gasteiger partial charge in [-0.1, -0.05) is 0 Å². The van der Waals surface area contributed by atoms with Gasteiger partial charge in [0, 0.05) is 19.6 Å². The summed E-state index contributed by atoms with van der Waals surface area (Å²) in [4.78, 5) is 25.7. The van der Waals surface area contributed by atoms with Gasteiger partial charge in [-0.15, -0.1) is 0 Å². The van der Waals surface area contributed by atoms with Gasteiger partial charge in [-0.2, -0.15) is 0 Å². The highest BCUT2D eigenvalue weighted by molar-refractivity contribution is 7.89. The van der Waals surface area contributed by atoms with Crippen molar-refractivity contribution in [3.8, 4) is 0 Å². The molecule has 29 heavy (non-hydrogen) atoms. The molecule has 0 spiro atoms. The molecule has 0 bridgehead atoms. The molecule has 1 aliphatic heterocycles. The fraction of sp³-hybridized carbons (Fsp3) is 0.579. The van der Waals surface area contributed by atoms with Gasteiger partial charge in [-0.25, -0.2) is 22.7 Å². The highest BCUT2D eigenvalue weighted by atomic mass is 32.2. The minimum atomic E-state index is -3.92. The number of carbonyl (C=O) groups excluding carboxylic acids is 2. The summed E-state index contributed by atoms with van der Waals surface area (Å²) >= 11 is 0. The van der Waals surface area contributed by atoms with Crippen LogP contribution in [-0.2, 0) is 24.2 Å². The van der Waals surface area contributed by atoms with E-state index in [1.165, 1.54) is 32.4 Å². The molecule has 1 aromatic carbocycles. The summed E-state index contributed by atoms with van der Waals surface area (Å²) in [5.41, 5.74) is -0.0980. The van der Waals surface area contributed by atoms with Crippen molar-refractivity contribution in [2.75, 3.05) is 40.4 Å². The van der Waals surface area contributed by atoms with Crippen LogP contribution in [0, 0.1) is 0 Å². The third-order valence-corrected chi connectivity index (χ3v) is 5.94. The SMILES string of the molecule is COC(=O)c1cc(C(=O)OC)cc(S(=O)(=O)NCCCN2CC(C)OC(C)C2)c1. The van der Waals surface area contributed by atoms with Crippen LogP contribution in [0.25, 0.3) is 0 Å². The number of carbonyl (C=O) groups is 2. The first-order valence-corrected chi connectivity index (χ1v) is 10.8. The molecular formula is C19H28N2O7S. The van der Waals surface area contributed by atoms with Crippen LogP contribution < -0.4 is 4.72 Å². The molecule has 1 heterocycles. The van der Waals surface area contributed by atoms with E-state index in [-0.39, 0.29) is 34.8 Å². The molecule has 2 rings (SSSR count). The Morgan fingerprint density at radius 1 is 1.07 bits per heavy atom. The quantitative estimate of drug-likeness (QED) is 0.483. The zero-order valence-electron chi connectivity index (χ0n) is 17.1. The predicted octanol–water partition coefficient (Wildman–Crippen LogP) is 1.04. The Kier molecular flexibility index (Phi) is 8.14. The number of nitrogens with one attached hydrogen (secondary N) is 1. The summed E-state index contributed by atoms with van der Waals surface area (Å²) in [5, 5.41) is 0. The van der Waals surface area contributed by atoms with Crippen molar-refractivity contribution in [3.63, 3.8) is 0 Å². The minimum absolute atomic E-state index is 0.0490. The minimum Gasteiger partial charge on any atom is -0.465 e. The van der Waals surface area contributed by atoms with Gasteiger partial charge in [0.25, 0.3) is 0 Å². The molecule has 1 aromatic rings. The molecule has 0 amide bonds. The van der Waals surface area contributed by atoms with E-state index >= 15 is 0 Å². The first kappa shape index (κ1) is 23.3. The highest BCUT2D eigenvalue weighted by Crippen LogP contribution is 2.17. The Labute approximate surface area is 171 Å². The number of morpholine rings is 1. The Morgan fingerprint density at radius 3 is 2.07 bits per heavy atom. The number of hydrogen-bond donors (Lipinski definition) is 1. The van der Waals surface area contributed by atoms with Gasteiger partial charge in [-0.3, -0.25) is 4.90 Å². The molecule has 1 fully saturated rings. The summed E-state index contributed by atoms with van der Waals surface area (Å²) in [6.45, 7) is 6.59. The maximum Gasteiger partial charge on any atom is 0.337 e. The number of esters is 2. The van der Waals surface area contributed by atoms with Gasteiger partial charge < -0.3 is 14.2 Å². The summed E-state index contributed by atoms with van der Waals surface area (Å²) in [7, 11) is -1.57. The molecule has 162 valence electrons. The molecule has 2 unspecified atom stereocenters. The molecule has 0 aliphatic carbocycles. The molecule has 10 heteroatoms. The van der Waals surface area contributed by atoms with Gasteiger partial charge in [0.2, 0.25) is 10.0 Å². The van der Waals surface area contributed by atoms with Gasteiger partial charge >= 0.3 is 11.9 Å². The Bertz CT molecular complexity index is 797. The fourth-order valence-corrected chi connectivity index (χ4v) is 4.43. The van der Waals surface area contributed by atoms with E-state index in [9.17, 15) is 18.0 Å². The van der Waals surface area contributed by atoms with E-state index in [2.05, 4.69) is 19.1 Å². The maximum atomic E-state index is 12.7. The molecule has 0 saturated carbocycles. The van der Waals surface area contributed by atoms with E-state index < -0.39 is 22.0 Å². The van der Waals surface area contributed by atoms with Crippen molar-refractivity contribution < 1.29 is 32.2 Å². The number of sulfonamides is 1. The predicted molar refractivity (Wildman–Crippen MR) is 105 cm³/mol. The molecule has 2 atom stereocenters. The second-order valence-corrected chi connectivity index (χ2v) is 8.76. The lowest BCUT2D eigenvalue weighted by Crippen LogP contribution is -2.46. The largest absolute Gasteiger partial charge is 0.465 e. The number of ether oxygens (including phenoxy) is 3. The normalized spacial score (nSPS) is 20.3. The number of nitrogens with zero attached hydrogens (tertiary/aromatic N) is 1. The van der Waals surface area contributed by atoms with Gasteiger partial charge in [0.1, 0.15) is 0 Å². The molecule has 9 nitrogen and oxygen atoms in total. The zero-order chi connectivity index (χ0) is 21.6. The van der Waals surface area contributed by atoms with E-state index in [1.807, 2.05) is 13.8 Å². The van der Waals surface area contributed by atoms with Crippen LogP contribution in [0.2, 0.25) is 0 Å². The molecule has 1 N–H and O–H groups in total. The number of hydrogen-bond acceptors (Lipinski definition) is 8. The maximum absolute atomic E-state index is 12.7. The summed E-state index contributed by atoms with van der Waals surface area (Å²) in [5.74, 6) is -1.49. The Morgan fingerprint density at radius 2 is 1.59 bits per heavy atom. The van der Waals surface area contributed by atoms with E-state index in [0.717, 1.165) is 19.6 Å². The molecule has 1 aliphatic rings. The summed E-state index contributed by atoms with van der Waals surface area (Å²) in [6.07, 6.45) is 0.903. The topological polar surface area (TPSA) is 111 Å². The fourth-order valence-electron chi connectivity index (χ4n) is 3.29. The first-order chi connectivity index (χ1) is 13.7. The van der Waals surface area contributed by atoms with Gasteiger partial charge in [-0.05, 0) is 45.0 Å². The van der Waals surface area contributed by atoms with E-state index in [4.69, 9.17) is 4.74 Å². The van der Waals surface area contributed by atoms with Gasteiger partial charge in [0.15, 0.2) is 0 Å². The lowest BCUT2D eigenvalue weighted by atomic mass is 10.1. The van der Waals surface area contributed by atoms with E-state index in [0.29, 0.717) is 6.42 Å². The van der Waals surface area contributed by atoms with Crippen molar-refractivity contribution in [2.24, 2.45) is 0 Å². The molecular weight excluding hydrogens is 400 g/mol. The lowest BCUT2D eigenvalue weighted by Gasteiger charge is -2.35. The molecule has 1 saturated heterocycles. The van der Waals surface area contributed by atoms with Crippen molar-refractivity contribution in [1.29, 1.82) is 0 Å². The number of methoxy groups -OCH3 is 2. The van der Waals surface area contributed by atoms with Crippen molar-refractivity contribution in [1.82, 2.24) is 9.62 Å². The number of rotatable bonds is 8. The van der Waals surface area contributed by atoms with Crippen LogP contribution in [0.4, 0.5) is 0 Å². The molecule has 0 radical (unpaired) electrons. The van der Waals surface area contributed by atoms with E-state index in [1.54, 1.807) is 0 Å². The van der Waals surface area contributed by atoms with Crippen molar-refractivity contribution in [3.05, 3.63) is 29.3 Å². The van der Waals surface area contributed by atoms with Crippen LogP contribution in [0.15, 0.2) is 23.1 Å². The van der Waals surface area contributed by atoms with Crippen LogP contribution >= 0.6 is 0 Å². The lowest BCUT2D eigenvalue weighted by molar-refractivity contribution is -0.0679. The standard InChI is InChI=1S/C19H28N2O7S/c1-13-11-21(12-14(2)28-13)7-5-6-20-29(24,25)17-9-15(18(22)26-3)8-16(10-17)19(23)27-4/h8-10,13-14,20H,5-7,11-12H2,1-4H3. The van der Waals surface area contributed by atoms with Crippen molar-refractivity contribution in [2.45, 2.75) is 37.4 Å². The third-order valence-electron chi connectivity index (χ3n) is 4.50. The second-order valence-electron chi connectivity index (χ2n) is 7.00. The Hall–Kier alpha value is -2.01. The van der Waals surface area contributed by atoms with Crippen molar-refractivity contribution >= 4 is 22.0 Å². The zero-order valence-corrected chi connectivity index (χ0v) is 18.0. The van der Waals surface area contributed by atoms with Crippen LogP contribution in [0.5, 0.6) is 0 Å². The highest BCUT2D eigenvalue weighted by Gasteiger charge is 2.23. The second kappa shape index (κ2) is 10.1. The molecule has 0 aromatic heterocycles. The van der Waals surface area contributed by atoms with Crippen LogP contribution in [0.1, 0.15) is 41.0 Å². The summed E-state index contributed by atoms with van der Waals surface area (Å²) < 4.78 is 42.8. The number of benzene rings is 1. The third kappa shape index (κ3) is 6.49. The first-order valence-electron chi connectivity index (χ1n) is 9.35. The smallest absolute Gasteiger partial charge is 0.337 e. The summed E-state index contributed by atoms with van der Waals surface area (Å²) in [6, 6.07) is 3.58. The van der Waals surface area contributed by atoms with Gasteiger partial charge in [0.05, 0.1) is 42.4 Å².